The van der Waals surface area contributed by atoms with E-state index >= 15 is 0 Å². The van der Waals surface area contributed by atoms with E-state index in [0.717, 1.165) is 24.7 Å². The van der Waals surface area contributed by atoms with Crippen molar-refractivity contribution in [3.63, 3.8) is 0 Å². The summed E-state index contributed by atoms with van der Waals surface area (Å²) in [6.07, 6.45) is 3.46. The lowest BCUT2D eigenvalue weighted by Crippen LogP contribution is -2.47. The smallest absolute Gasteiger partial charge is 0.237 e. The van der Waals surface area contributed by atoms with Crippen LogP contribution in [0.3, 0.4) is 0 Å². The van der Waals surface area contributed by atoms with Gasteiger partial charge in [-0.15, -0.1) is 11.3 Å². The van der Waals surface area contributed by atoms with Gasteiger partial charge >= 0.3 is 0 Å². The van der Waals surface area contributed by atoms with Gasteiger partial charge in [-0.3, -0.25) is 15.0 Å². The second-order valence-corrected chi connectivity index (χ2v) is 12.5. The number of amides is 1. The molecule has 1 saturated carbocycles. The number of nitrogens with zero attached hydrogens (tertiary/aromatic N) is 3. The Bertz CT molecular complexity index is 1300. The first-order chi connectivity index (χ1) is 19.4. The standard InChI is InChI=1S/C33H41N5OS/c1-23(2)22-30(33(39)35-16-15-34)36-31(32-24(3)14-21-40-32)27-6-4-25(5-7-27)26-8-10-28(11-9-26)37-17-19-38(20-18-37)29-12-13-29/h4-11,14,21,23,29-31,36H,12-13,16-20,22H2,1-3H3,(H,35,39)/t30?,31-/m0/s1. The van der Waals surface area contributed by atoms with Crippen LogP contribution < -0.4 is 15.5 Å². The van der Waals surface area contributed by atoms with Gasteiger partial charge in [-0.2, -0.15) is 5.26 Å². The van der Waals surface area contributed by atoms with E-state index in [1.165, 1.54) is 53.2 Å². The van der Waals surface area contributed by atoms with Gasteiger partial charge in [0.25, 0.3) is 0 Å². The Morgan fingerprint density at radius 2 is 1.65 bits per heavy atom. The molecule has 1 aliphatic heterocycles. The predicted molar refractivity (Wildman–Crippen MR) is 165 cm³/mol. The molecule has 2 N–H and O–H groups in total. The molecule has 2 aromatic carbocycles. The van der Waals surface area contributed by atoms with Crippen molar-refractivity contribution < 1.29 is 4.79 Å². The summed E-state index contributed by atoms with van der Waals surface area (Å²) in [6, 6.07) is 22.2. The van der Waals surface area contributed by atoms with E-state index in [0.29, 0.717) is 12.3 Å². The van der Waals surface area contributed by atoms with Crippen LogP contribution in [0, 0.1) is 24.2 Å². The predicted octanol–water partition coefficient (Wildman–Crippen LogP) is 5.74. The molecule has 6 nitrogen and oxygen atoms in total. The Morgan fingerprint density at radius 1 is 1.00 bits per heavy atom. The van der Waals surface area contributed by atoms with Crippen molar-refractivity contribution in [3.8, 4) is 17.2 Å². The molecule has 1 amide bonds. The minimum Gasteiger partial charge on any atom is -0.369 e. The summed E-state index contributed by atoms with van der Waals surface area (Å²) in [6.45, 7) is 10.9. The van der Waals surface area contributed by atoms with Gasteiger partial charge in [0, 0.05) is 42.8 Å². The first kappa shape index (κ1) is 28.4. The molecular weight excluding hydrogens is 514 g/mol. The zero-order valence-corrected chi connectivity index (χ0v) is 24.7. The maximum Gasteiger partial charge on any atom is 0.237 e. The summed E-state index contributed by atoms with van der Waals surface area (Å²) >= 11 is 1.71. The first-order valence-corrected chi connectivity index (χ1v) is 15.4. The van der Waals surface area contributed by atoms with Crippen LogP contribution in [-0.4, -0.2) is 55.6 Å². The third-order valence-corrected chi connectivity index (χ3v) is 9.17. The zero-order valence-electron chi connectivity index (χ0n) is 23.9. The third kappa shape index (κ3) is 6.93. The second-order valence-electron chi connectivity index (χ2n) is 11.5. The van der Waals surface area contributed by atoms with Gasteiger partial charge in [0.05, 0.1) is 18.2 Å². The minimum absolute atomic E-state index is 0.0158. The Hall–Kier alpha value is -3.18. The van der Waals surface area contributed by atoms with Crippen LogP contribution in [0.25, 0.3) is 11.1 Å². The number of carbonyl (C=O) groups is 1. The van der Waals surface area contributed by atoms with Crippen molar-refractivity contribution in [1.29, 1.82) is 5.26 Å². The molecule has 1 aliphatic carbocycles. The molecule has 1 saturated heterocycles. The SMILES string of the molecule is Cc1ccsc1[C@@H](NC(CC(C)C)C(=O)NCC#N)c1ccc(-c2ccc(N3CCN(C4CC4)CC3)cc2)cc1. The van der Waals surface area contributed by atoms with Crippen LogP contribution in [-0.2, 0) is 4.79 Å². The van der Waals surface area contributed by atoms with Crippen LogP contribution in [0.4, 0.5) is 5.69 Å². The molecule has 0 radical (unpaired) electrons. The number of anilines is 1. The molecule has 40 heavy (non-hydrogen) atoms. The lowest BCUT2D eigenvalue weighted by atomic mass is 9.96. The molecule has 0 spiro atoms. The molecule has 2 fully saturated rings. The maximum absolute atomic E-state index is 13.0. The van der Waals surface area contributed by atoms with E-state index in [1.54, 1.807) is 11.3 Å². The summed E-state index contributed by atoms with van der Waals surface area (Å²) in [7, 11) is 0. The van der Waals surface area contributed by atoms with Gasteiger partial charge < -0.3 is 10.2 Å². The molecule has 2 aliphatic rings. The van der Waals surface area contributed by atoms with E-state index in [4.69, 9.17) is 5.26 Å². The fourth-order valence-electron chi connectivity index (χ4n) is 5.69. The van der Waals surface area contributed by atoms with Crippen molar-refractivity contribution in [2.45, 2.75) is 58.2 Å². The summed E-state index contributed by atoms with van der Waals surface area (Å²) in [5.74, 6) is 0.211. The number of aryl methyl sites for hydroxylation is 1. The lowest BCUT2D eigenvalue weighted by Gasteiger charge is -2.36. The number of nitriles is 1. The number of carbonyl (C=O) groups excluding carboxylic acids is 1. The van der Waals surface area contributed by atoms with Crippen LogP contribution in [0.15, 0.2) is 60.0 Å². The van der Waals surface area contributed by atoms with Gasteiger partial charge in [0.15, 0.2) is 0 Å². The van der Waals surface area contributed by atoms with Crippen molar-refractivity contribution in [2.24, 2.45) is 5.92 Å². The zero-order chi connectivity index (χ0) is 28.1. The van der Waals surface area contributed by atoms with E-state index in [9.17, 15) is 4.79 Å². The molecule has 2 heterocycles. The minimum atomic E-state index is -0.391. The average molecular weight is 556 g/mol. The van der Waals surface area contributed by atoms with Crippen molar-refractivity contribution in [1.82, 2.24) is 15.5 Å². The van der Waals surface area contributed by atoms with Crippen LogP contribution in [0.2, 0.25) is 0 Å². The average Bonchev–Trinajstić information content (AvgIpc) is 3.74. The quantitative estimate of drug-likeness (QED) is 0.295. The Labute approximate surface area is 243 Å². The molecule has 7 heteroatoms. The Balaban J connectivity index is 1.31. The summed E-state index contributed by atoms with van der Waals surface area (Å²) < 4.78 is 0. The van der Waals surface area contributed by atoms with E-state index < -0.39 is 6.04 Å². The van der Waals surface area contributed by atoms with Crippen LogP contribution >= 0.6 is 11.3 Å². The maximum atomic E-state index is 13.0. The number of piperazine rings is 1. The Morgan fingerprint density at radius 3 is 2.20 bits per heavy atom. The molecule has 2 atom stereocenters. The largest absolute Gasteiger partial charge is 0.369 e. The molecule has 3 aromatic rings. The molecule has 1 aromatic heterocycles. The van der Waals surface area contributed by atoms with E-state index in [2.05, 4.69) is 101 Å². The van der Waals surface area contributed by atoms with Crippen LogP contribution in [0.1, 0.15) is 55.2 Å². The molecular formula is C33H41N5OS. The van der Waals surface area contributed by atoms with E-state index in [1.807, 2.05) is 6.07 Å². The molecule has 1 unspecified atom stereocenters. The summed E-state index contributed by atoms with van der Waals surface area (Å²) in [4.78, 5) is 19.3. The number of rotatable bonds is 11. The van der Waals surface area contributed by atoms with E-state index in [-0.39, 0.29) is 18.5 Å². The van der Waals surface area contributed by atoms with Crippen molar-refractivity contribution >= 4 is 22.9 Å². The Kier molecular flexibility index (Phi) is 9.21. The second kappa shape index (κ2) is 13.0. The number of benzene rings is 2. The third-order valence-electron chi connectivity index (χ3n) is 8.08. The molecule has 5 rings (SSSR count). The fourth-order valence-corrected chi connectivity index (χ4v) is 6.71. The van der Waals surface area contributed by atoms with Gasteiger partial charge in [-0.05, 0) is 77.9 Å². The normalized spacial score (nSPS) is 17.4. The summed E-state index contributed by atoms with van der Waals surface area (Å²) in [5, 5.41) is 17.5. The van der Waals surface area contributed by atoms with Crippen molar-refractivity contribution in [2.75, 3.05) is 37.6 Å². The number of hydrogen-bond donors (Lipinski definition) is 2. The van der Waals surface area contributed by atoms with Crippen molar-refractivity contribution in [3.05, 3.63) is 76.0 Å². The lowest BCUT2D eigenvalue weighted by molar-refractivity contribution is -0.123. The van der Waals surface area contributed by atoms with Gasteiger partial charge in [-0.1, -0.05) is 50.2 Å². The molecule has 0 bridgehead atoms. The van der Waals surface area contributed by atoms with Gasteiger partial charge in [-0.25, -0.2) is 0 Å². The van der Waals surface area contributed by atoms with Gasteiger partial charge in [0.2, 0.25) is 5.91 Å². The topological polar surface area (TPSA) is 71.4 Å². The number of nitrogens with one attached hydrogen (secondary N) is 2. The van der Waals surface area contributed by atoms with Crippen LogP contribution in [0.5, 0.6) is 0 Å². The highest BCUT2D eigenvalue weighted by molar-refractivity contribution is 7.10. The fraction of sp³-hybridized carbons (Fsp3) is 0.455. The summed E-state index contributed by atoms with van der Waals surface area (Å²) in [5.41, 5.74) is 6.03. The highest BCUT2D eigenvalue weighted by atomic mass is 32.1. The molecule has 210 valence electrons. The number of thiophene rings is 1. The van der Waals surface area contributed by atoms with Gasteiger partial charge in [0.1, 0.15) is 6.54 Å². The monoisotopic (exact) mass is 555 g/mol. The highest BCUT2D eigenvalue weighted by Gasteiger charge is 2.31. The number of hydrogen-bond acceptors (Lipinski definition) is 6. The highest BCUT2D eigenvalue weighted by Crippen LogP contribution is 2.33. The first-order valence-electron chi connectivity index (χ1n) is 14.6.